The molecule has 4 aliphatic rings. The van der Waals surface area contributed by atoms with Crippen molar-refractivity contribution in [1.82, 2.24) is 9.80 Å². The molecule has 0 N–H and O–H groups in total. The lowest BCUT2D eigenvalue weighted by Gasteiger charge is -2.35. The lowest BCUT2D eigenvalue weighted by molar-refractivity contribution is -0.146. The van der Waals surface area contributed by atoms with E-state index < -0.39 is 29.2 Å². The van der Waals surface area contributed by atoms with Crippen LogP contribution in [-0.2, 0) is 20.5 Å². The number of hydrogen-bond donors (Lipinski definition) is 0. The number of hydrogen-bond acceptors (Lipinski definition) is 6. The van der Waals surface area contributed by atoms with Gasteiger partial charge in [-0.2, -0.15) is 13.2 Å². The summed E-state index contributed by atoms with van der Waals surface area (Å²) in [5.74, 6) is -1.42. The third-order valence-corrected chi connectivity index (χ3v) is 11.5. The maximum absolute atomic E-state index is 17.6. The molecule has 6 rings (SSSR count). The molecule has 7 nitrogen and oxygen atoms in total. The zero-order chi connectivity index (χ0) is 34.2. The molecule has 0 bridgehead atoms. The Morgan fingerprint density at radius 2 is 1.62 bits per heavy atom. The quantitative estimate of drug-likeness (QED) is 0.227. The summed E-state index contributed by atoms with van der Waals surface area (Å²) < 4.78 is 69.7. The molecular formula is C37H47F4N3O4. The van der Waals surface area contributed by atoms with Crippen LogP contribution in [0.4, 0.5) is 23.2 Å². The number of piperidine rings is 1. The van der Waals surface area contributed by atoms with Gasteiger partial charge >= 0.3 is 12.1 Å². The number of nitrogens with zero attached hydrogens (tertiary/aromatic N) is 3. The molecule has 3 heterocycles. The Labute approximate surface area is 280 Å². The highest BCUT2D eigenvalue weighted by molar-refractivity contribution is 5.88. The highest BCUT2D eigenvalue weighted by atomic mass is 19.4. The van der Waals surface area contributed by atoms with E-state index in [0.717, 1.165) is 42.9 Å². The van der Waals surface area contributed by atoms with Crippen molar-refractivity contribution in [2.75, 3.05) is 58.4 Å². The highest BCUT2D eigenvalue weighted by Gasteiger charge is 2.57. The van der Waals surface area contributed by atoms with Crippen LogP contribution in [0.3, 0.4) is 0 Å². The number of carbonyl (C=O) groups is 2. The van der Waals surface area contributed by atoms with Crippen LogP contribution < -0.4 is 9.64 Å². The number of methoxy groups -OCH3 is 2. The number of carbonyl (C=O) groups excluding carboxylic acids is 2. The second-order valence-electron chi connectivity index (χ2n) is 14.1. The number of benzene rings is 2. The summed E-state index contributed by atoms with van der Waals surface area (Å²) in [6.45, 7) is 3.90. The summed E-state index contributed by atoms with van der Waals surface area (Å²) >= 11 is 0. The van der Waals surface area contributed by atoms with Crippen LogP contribution in [0.15, 0.2) is 42.5 Å². The smallest absolute Gasteiger partial charge is 0.416 e. The predicted molar refractivity (Wildman–Crippen MR) is 175 cm³/mol. The van der Waals surface area contributed by atoms with Gasteiger partial charge in [0.05, 0.1) is 25.7 Å². The molecule has 1 unspecified atom stereocenters. The monoisotopic (exact) mass is 673 g/mol. The van der Waals surface area contributed by atoms with E-state index in [-0.39, 0.29) is 42.9 Å². The fourth-order valence-corrected chi connectivity index (χ4v) is 8.72. The van der Waals surface area contributed by atoms with Crippen molar-refractivity contribution in [3.8, 4) is 5.75 Å². The molecule has 2 aromatic rings. The van der Waals surface area contributed by atoms with E-state index in [2.05, 4.69) is 4.90 Å². The van der Waals surface area contributed by atoms with Crippen molar-refractivity contribution in [3.63, 3.8) is 0 Å². The first-order valence-electron chi connectivity index (χ1n) is 17.4. The summed E-state index contributed by atoms with van der Waals surface area (Å²) in [4.78, 5) is 32.4. The standard InChI is InChI=1S/C37H47F4N3O4/c1-4-24-20-43(35(46)36(38)23-44(28-7-5-6-8-28)22-32(36)25-9-12-29(47-2)13-10-25)21-31(24)30-14-11-27(37(39,40)41)19-33(30)42-17-15-26(16-18-42)34(45)48-3/h9-14,19,24,26,28,31-32H,4-8,15-18,20-23H2,1-3H3/t24-,31-,32?,36-/m0/s1. The molecule has 0 aromatic heterocycles. The fourth-order valence-electron chi connectivity index (χ4n) is 8.72. The van der Waals surface area contributed by atoms with E-state index in [1.54, 1.807) is 30.2 Å². The molecule has 262 valence electrons. The van der Waals surface area contributed by atoms with Gasteiger partial charge in [-0.05, 0) is 67.0 Å². The minimum Gasteiger partial charge on any atom is -0.497 e. The van der Waals surface area contributed by atoms with Crippen LogP contribution in [0.25, 0.3) is 0 Å². The zero-order valence-corrected chi connectivity index (χ0v) is 28.1. The van der Waals surface area contributed by atoms with Gasteiger partial charge in [0.2, 0.25) is 5.67 Å². The van der Waals surface area contributed by atoms with Crippen LogP contribution in [0.2, 0.25) is 0 Å². The van der Waals surface area contributed by atoms with Crippen molar-refractivity contribution in [1.29, 1.82) is 0 Å². The van der Waals surface area contributed by atoms with Gasteiger partial charge in [-0.1, -0.05) is 44.4 Å². The molecule has 1 saturated carbocycles. The van der Waals surface area contributed by atoms with Gasteiger partial charge in [0.15, 0.2) is 0 Å². The summed E-state index contributed by atoms with van der Waals surface area (Å²) in [6, 6.07) is 11.4. The number of rotatable bonds is 8. The van der Waals surface area contributed by atoms with Crippen molar-refractivity contribution in [2.45, 2.75) is 81.6 Å². The second kappa shape index (κ2) is 13.9. The van der Waals surface area contributed by atoms with E-state index in [1.165, 1.54) is 13.2 Å². The van der Waals surface area contributed by atoms with Gasteiger partial charge in [-0.25, -0.2) is 4.39 Å². The van der Waals surface area contributed by atoms with Crippen LogP contribution >= 0.6 is 0 Å². The maximum atomic E-state index is 17.6. The molecule has 4 atom stereocenters. The van der Waals surface area contributed by atoms with Crippen molar-refractivity contribution >= 4 is 17.6 Å². The number of anilines is 1. The molecule has 3 saturated heterocycles. The van der Waals surface area contributed by atoms with E-state index in [0.29, 0.717) is 56.9 Å². The molecule has 0 radical (unpaired) electrons. The summed E-state index contributed by atoms with van der Waals surface area (Å²) in [5, 5.41) is 0. The lowest BCUT2D eigenvalue weighted by atomic mass is 9.84. The van der Waals surface area contributed by atoms with Gasteiger partial charge < -0.3 is 19.3 Å². The number of ether oxygens (including phenoxy) is 2. The van der Waals surface area contributed by atoms with E-state index in [9.17, 15) is 22.8 Å². The number of halogens is 4. The van der Waals surface area contributed by atoms with Gasteiger partial charge in [-0.15, -0.1) is 0 Å². The van der Waals surface area contributed by atoms with Crippen molar-refractivity contribution < 1.29 is 36.6 Å². The van der Waals surface area contributed by atoms with Crippen LogP contribution in [0.5, 0.6) is 5.75 Å². The molecule has 48 heavy (non-hydrogen) atoms. The number of likely N-dealkylation sites (tertiary alicyclic amines) is 2. The maximum Gasteiger partial charge on any atom is 0.416 e. The number of alkyl halides is 4. The summed E-state index contributed by atoms with van der Waals surface area (Å²) in [7, 11) is 2.92. The van der Waals surface area contributed by atoms with E-state index in [1.807, 2.05) is 24.0 Å². The second-order valence-corrected chi connectivity index (χ2v) is 14.1. The van der Waals surface area contributed by atoms with E-state index >= 15 is 4.39 Å². The third-order valence-electron chi connectivity index (χ3n) is 11.5. The van der Waals surface area contributed by atoms with Gasteiger partial charge in [0.25, 0.3) is 5.91 Å². The Bertz CT molecular complexity index is 1460. The predicted octanol–water partition coefficient (Wildman–Crippen LogP) is 6.81. The molecule has 0 spiro atoms. The number of esters is 1. The van der Waals surface area contributed by atoms with Crippen molar-refractivity contribution in [3.05, 3.63) is 59.2 Å². The molecule has 1 aliphatic carbocycles. The van der Waals surface area contributed by atoms with Crippen LogP contribution in [0.1, 0.15) is 80.4 Å². The Morgan fingerprint density at radius 1 is 0.938 bits per heavy atom. The molecule has 11 heteroatoms. The van der Waals surface area contributed by atoms with Crippen LogP contribution in [0, 0.1) is 11.8 Å². The SMILES string of the molecule is CC[C@H]1CN(C(=O)[C@]2(F)CN(C3CCCC3)CC2c2ccc(OC)cc2)C[C@@H]1c1ccc(C(F)(F)F)cc1N1CCC(C(=O)OC)CC1. The Morgan fingerprint density at radius 3 is 2.23 bits per heavy atom. The Kier molecular flexibility index (Phi) is 9.98. The van der Waals surface area contributed by atoms with Crippen molar-refractivity contribution in [2.24, 2.45) is 11.8 Å². The zero-order valence-electron chi connectivity index (χ0n) is 28.1. The first-order valence-corrected chi connectivity index (χ1v) is 17.4. The number of amides is 1. The fraction of sp³-hybridized carbons (Fsp3) is 0.622. The third kappa shape index (κ3) is 6.63. The minimum atomic E-state index is -4.52. The molecule has 1 amide bonds. The molecular weight excluding hydrogens is 626 g/mol. The van der Waals surface area contributed by atoms with Crippen LogP contribution in [-0.4, -0.2) is 86.9 Å². The van der Waals surface area contributed by atoms with Gasteiger partial charge in [0.1, 0.15) is 5.75 Å². The average Bonchev–Trinajstić information content (AvgIpc) is 3.87. The summed E-state index contributed by atoms with van der Waals surface area (Å²) in [5.41, 5.74) is -0.900. The lowest BCUT2D eigenvalue weighted by Crippen LogP contribution is -2.50. The Balaban J connectivity index is 1.29. The first kappa shape index (κ1) is 34.5. The normalized spacial score (nSPS) is 27.5. The minimum absolute atomic E-state index is 0.0336. The van der Waals surface area contributed by atoms with E-state index in [4.69, 9.17) is 9.47 Å². The highest BCUT2D eigenvalue weighted by Crippen LogP contribution is 2.47. The summed E-state index contributed by atoms with van der Waals surface area (Å²) in [6.07, 6.45) is 1.31. The topological polar surface area (TPSA) is 62.3 Å². The largest absolute Gasteiger partial charge is 0.497 e. The van der Waals surface area contributed by atoms with Gasteiger partial charge in [0, 0.05) is 62.8 Å². The average molecular weight is 674 g/mol. The van der Waals surface area contributed by atoms with Gasteiger partial charge in [-0.3, -0.25) is 14.5 Å². The molecule has 3 aliphatic heterocycles. The molecule has 4 fully saturated rings. The first-order chi connectivity index (χ1) is 23.0. The molecule has 2 aromatic carbocycles. The Hall–Kier alpha value is -3.34.